The van der Waals surface area contributed by atoms with Crippen LogP contribution in [0.1, 0.15) is 32.1 Å². The number of nitrogens with one attached hydrogen (secondary N) is 1. The first-order chi connectivity index (χ1) is 8.79. The summed E-state index contributed by atoms with van der Waals surface area (Å²) in [7, 11) is 1.65. The highest BCUT2D eigenvalue weighted by Gasteiger charge is 2.12. The van der Waals surface area contributed by atoms with Crippen LogP contribution in [0.25, 0.3) is 0 Å². The van der Waals surface area contributed by atoms with E-state index in [1.54, 1.807) is 7.11 Å². The number of rotatable bonds is 3. The van der Waals surface area contributed by atoms with Gasteiger partial charge in [-0.05, 0) is 31.4 Å². The Morgan fingerprint density at radius 2 is 2.06 bits per heavy atom. The van der Waals surface area contributed by atoms with E-state index in [1.165, 1.54) is 0 Å². The minimum atomic E-state index is 0.280. The highest BCUT2D eigenvalue weighted by molar-refractivity contribution is 5.95. The number of methoxy groups -OCH3 is 1. The van der Waals surface area contributed by atoms with Gasteiger partial charge in [-0.2, -0.15) is 0 Å². The number of carbonyl (C=O) groups excluding carboxylic acids is 1. The molecule has 1 N–H and O–H groups in total. The molecule has 0 aliphatic heterocycles. The average molecular weight is 245 g/mol. The van der Waals surface area contributed by atoms with Crippen molar-refractivity contribution < 1.29 is 9.53 Å². The van der Waals surface area contributed by atoms with Crippen molar-refractivity contribution >= 4 is 11.5 Å². The van der Waals surface area contributed by atoms with Crippen molar-refractivity contribution in [3.63, 3.8) is 0 Å². The largest absolute Gasteiger partial charge is 0.497 e. The van der Waals surface area contributed by atoms with E-state index < -0.39 is 0 Å². The zero-order valence-corrected chi connectivity index (χ0v) is 10.7. The van der Waals surface area contributed by atoms with Crippen LogP contribution in [-0.4, -0.2) is 12.9 Å². The molecule has 0 saturated heterocycles. The predicted molar refractivity (Wildman–Crippen MR) is 72.8 cm³/mol. The van der Waals surface area contributed by atoms with Gasteiger partial charge in [0.05, 0.1) is 7.11 Å². The summed E-state index contributed by atoms with van der Waals surface area (Å²) in [5.74, 6) is 1.09. The van der Waals surface area contributed by atoms with Gasteiger partial charge in [0.15, 0.2) is 5.78 Å². The molecule has 0 amide bonds. The lowest BCUT2D eigenvalue weighted by molar-refractivity contribution is -0.115. The molecule has 0 heterocycles. The van der Waals surface area contributed by atoms with Gasteiger partial charge in [-0.3, -0.25) is 4.79 Å². The molecule has 3 heteroatoms. The topological polar surface area (TPSA) is 38.3 Å². The third-order valence-corrected chi connectivity index (χ3v) is 3.19. The molecule has 0 radical (unpaired) electrons. The molecule has 1 aliphatic carbocycles. The van der Waals surface area contributed by atoms with E-state index in [0.29, 0.717) is 6.42 Å². The van der Waals surface area contributed by atoms with E-state index in [9.17, 15) is 4.79 Å². The highest BCUT2D eigenvalue weighted by atomic mass is 16.5. The third-order valence-electron chi connectivity index (χ3n) is 3.19. The summed E-state index contributed by atoms with van der Waals surface area (Å²) in [6.07, 6.45) is 6.71. The fourth-order valence-electron chi connectivity index (χ4n) is 2.11. The lowest BCUT2D eigenvalue weighted by Gasteiger charge is -2.06. The molecule has 1 saturated carbocycles. The molecule has 0 aromatic heterocycles. The van der Waals surface area contributed by atoms with Crippen LogP contribution in [0.3, 0.4) is 0 Å². The summed E-state index contributed by atoms with van der Waals surface area (Å²) in [5, 5.41) is 3.18. The SMILES string of the molecule is COc1cccc(N/C=C2/CCCCCC2=O)c1. The lowest BCUT2D eigenvalue weighted by Crippen LogP contribution is -2.02. The van der Waals surface area contributed by atoms with Gasteiger partial charge in [0.1, 0.15) is 5.75 Å². The Morgan fingerprint density at radius 1 is 1.22 bits per heavy atom. The summed E-state index contributed by atoms with van der Waals surface area (Å²) < 4.78 is 5.16. The molecule has 3 nitrogen and oxygen atoms in total. The quantitative estimate of drug-likeness (QED) is 0.654. The number of allylic oxidation sites excluding steroid dienone is 1. The van der Waals surface area contributed by atoms with Crippen molar-refractivity contribution in [2.24, 2.45) is 0 Å². The highest BCUT2D eigenvalue weighted by Crippen LogP contribution is 2.21. The van der Waals surface area contributed by atoms with Crippen molar-refractivity contribution in [2.45, 2.75) is 32.1 Å². The van der Waals surface area contributed by atoms with E-state index in [0.717, 1.165) is 42.7 Å². The van der Waals surface area contributed by atoms with E-state index >= 15 is 0 Å². The van der Waals surface area contributed by atoms with Crippen molar-refractivity contribution in [3.05, 3.63) is 36.0 Å². The van der Waals surface area contributed by atoms with E-state index in [2.05, 4.69) is 5.32 Å². The monoisotopic (exact) mass is 245 g/mol. The van der Waals surface area contributed by atoms with Crippen LogP contribution in [0.5, 0.6) is 5.75 Å². The van der Waals surface area contributed by atoms with Gasteiger partial charge in [0.2, 0.25) is 0 Å². The fourth-order valence-corrected chi connectivity index (χ4v) is 2.11. The number of anilines is 1. The van der Waals surface area contributed by atoms with Gasteiger partial charge < -0.3 is 10.1 Å². The average Bonchev–Trinajstić information content (AvgIpc) is 2.61. The number of ether oxygens (including phenoxy) is 1. The summed E-state index contributed by atoms with van der Waals surface area (Å²) in [6, 6.07) is 7.70. The molecule has 1 fully saturated rings. The van der Waals surface area contributed by atoms with E-state index in [-0.39, 0.29) is 5.78 Å². The van der Waals surface area contributed by atoms with E-state index in [4.69, 9.17) is 4.74 Å². The summed E-state index contributed by atoms with van der Waals surface area (Å²) in [5.41, 5.74) is 1.86. The Morgan fingerprint density at radius 3 is 2.89 bits per heavy atom. The predicted octanol–water partition coefficient (Wildman–Crippen LogP) is 3.52. The second-order valence-corrected chi connectivity index (χ2v) is 4.53. The number of hydrogen-bond donors (Lipinski definition) is 1. The Labute approximate surface area is 108 Å². The van der Waals surface area contributed by atoms with Crippen LogP contribution in [0.15, 0.2) is 36.0 Å². The minimum absolute atomic E-state index is 0.280. The van der Waals surface area contributed by atoms with Crippen LogP contribution in [0.4, 0.5) is 5.69 Å². The van der Waals surface area contributed by atoms with Gasteiger partial charge in [0, 0.05) is 29.9 Å². The molecule has 2 rings (SSSR count). The van der Waals surface area contributed by atoms with Gasteiger partial charge >= 0.3 is 0 Å². The summed E-state index contributed by atoms with van der Waals surface area (Å²) >= 11 is 0. The van der Waals surface area contributed by atoms with Crippen molar-refractivity contribution in [1.82, 2.24) is 0 Å². The Hall–Kier alpha value is -1.77. The van der Waals surface area contributed by atoms with E-state index in [1.807, 2.05) is 30.5 Å². The summed E-state index contributed by atoms with van der Waals surface area (Å²) in [6.45, 7) is 0. The molecular weight excluding hydrogens is 226 g/mol. The first-order valence-corrected chi connectivity index (χ1v) is 6.42. The normalized spacial score (nSPS) is 18.5. The second kappa shape index (κ2) is 6.24. The van der Waals surface area contributed by atoms with Gasteiger partial charge in [0.25, 0.3) is 0 Å². The first-order valence-electron chi connectivity index (χ1n) is 6.42. The Bertz CT molecular complexity index is 452. The van der Waals surface area contributed by atoms with Crippen LogP contribution < -0.4 is 10.1 Å². The van der Waals surface area contributed by atoms with Crippen LogP contribution in [-0.2, 0) is 4.79 Å². The summed E-state index contributed by atoms with van der Waals surface area (Å²) in [4.78, 5) is 11.8. The van der Waals surface area contributed by atoms with Gasteiger partial charge in [-0.25, -0.2) is 0 Å². The zero-order chi connectivity index (χ0) is 12.8. The molecule has 1 aliphatic rings. The fraction of sp³-hybridized carbons (Fsp3) is 0.400. The molecular formula is C15H19NO2. The number of benzene rings is 1. The molecule has 0 unspecified atom stereocenters. The smallest absolute Gasteiger partial charge is 0.160 e. The molecule has 1 aromatic carbocycles. The van der Waals surface area contributed by atoms with Crippen molar-refractivity contribution in [3.8, 4) is 5.75 Å². The molecule has 96 valence electrons. The Balaban J connectivity index is 2.06. The van der Waals surface area contributed by atoms with Gasteiger partial charge in [-0.15, -0.1) is 0 Å². The number of carbonyl (C=O) groups is 1. The molecule has 1 aromatic rings. The minimum Gasteiger partial charge on any atom is -0.497 e. The van der Waals surface area contributed by atoms with Crippen molar-refractivity contribution in [1.29, 1.82) is 0 Å². The maximum absolute atomic E-state index is 11.8. The molecule has 0 spiro atoms. The molecule has 0 bridgehead atoms. The maximum atomic E-state index is 11.8. The lowest BCUT2D eigenvalue weighted by atomic mass is 10.1. The third kappa shape index (κ3) is 3.36. The van der Waals surface area contributed by atoms with Crippen LogP contribution >= 0.6 is 0 Å². The molecule has 0 atom stereocenters. The maximum Gasteiger partial charge on any atom is 0.160 e. The van der Waals surface area contributed by atoms with Gasteiger partial charge in [-0.1, -0.05) is 12.5 Å². The standard InChI is InChI=1S/C15H19NO2/c1-18-14-8-5-7-13(10-14)16-11-12-6-3-2-4-9-15(12)17/h5,7-8,10-11,16H,2-4,6,9H2,1H3/b12-11-. The first kappa shape index (κ1) is 12.7. The Kier molecular flexibility index (Phi) is 4.40. The van der Waals surface area contributed by atoms with Crippen LogP contribution in [0, 0.1) is 0 Å². The zero-order valence-electron chi connectivity index (χ0n) is 10.7. The second-order valence-electron chi connectivity index (χ2n) is 4.53. The number of Topliss-reactive ketones (excluding diaryl/α,β-unsaturated/α-hetero) is 1. The van der Waals surface area contributed by atoms with Crippen LogP contribution in [0.2, 0.25) is 0 Å². The number of ketones is 1. The van der Waals surface area contributed by atoms with Crippen molar-refractivity contribution in [2.75, 3.05) is 12.4 Å². The number of hydrogen-bond acceptors (Lipinski definition) is 3. The molecule has 18 heavy (non-hydrogen) atoms.